The second-order valence-corrected chi connectivity index (χ2v) is 10.3. The largest absolute Gasteiger partial charge is 0.497 e. The highest BCUT2D eigenvalue weighted by atomic mass is 16.5. The summed E-state index contributed by atoms with van der Waals surface area (Å²) < 4.78 is 4.98. The standard InChI is InChI=1S/C27H29N5O.C9H10O/c1-18-8-4-3-5-12-22(18)25-15-23(24(16-28)26(29-2)32-25)19-9-6-10-20(14-19)27(33)31-17-21-11-7-13-30-21;1-3-8-4-6-9(10-2)7-5-8/h4-6,8-10,12,14-15,21,30H,3,7,11,13,17H2,1-2H3,(H,29,32)(H,31,33);3-7H,1H2,2H3. The van der Waals surface area contributed by atoms with Crippen LogP contribution in [0.2, 0.25) is 0 Å². The van der Waals surface area contributed by atoms with Gasteiger partial charge in [0.15, 0.2) is 0 Å². The second-order valence-electron chi connectivity index (χ2n) is 10.3. The Morgan fingerprint density at radius 1 is 1.19 bits per heavy atom. The number of amides is 1. The van der Waals surface area contributed by atoms with Gasteiger partial charge in [-0.15, -0.1) is 0 Å². The molecule has 5 rings (SSSR count). The van der Waals surface area contributed by atoms with Crippen LogP contribution in [0.4, 0.5) is 5.82 Å². The number of rotatable bonds is 8. The lowest BCUT2D eigenvalue weighted by Gasteiger charge is -2.15. The number of nitrogens with zero attached hydrogens (tertiary/aromatic N) is 2. The van der Waals surface area contributed by atoms with E-state index in [9.17, 15) is 10.1 Å². The molecule has 3 aromatic rings. The first-order valence-corrected chi connectivity index (χ1v) is 14.5. The number of ether oxygens (including phenoxy) is 1. The Morgan fingerprint density at radius 3 is 2.65 bits per heavy atom. The van der Waals surface area contributed by atoms with E-state index in [1.807, 2.05) is 48.5 Å². The van der Waals surface area contributed by atoms with Crippen molar-refractivity contribution in [1.82, 2.24) is 15.6 Å². The van der Waals surface area contributed by atoms with Gasteiger partial charge in [0.2, 0.25) is 0 Å². The molecule has 1 aromatic heterocycles. The molecule has 1 aliphatic carbocycles. The smallest absolute Gasteiger partial charge is 0.251 e. The monoisotopic (exact) mass is 573 g/mol. The van der Waals surface area contributed by atoms with Crippen molar-refractivity contribution < 1.29 is 9.53 Å². The average molecular weight is 574 g/mol. The molecule has 0 bridgehead atoms. The number of hydrogen-bond acceptors (Lipinski definition) is 6. The fourth-order valence-electron chi connectivity index (χ4n) is 5.04. The predicted octanol–water partition coefficient (Wildman–Crippen LogP) is 6.77. The number of carbonyl (C=O) groups excluding carboxylic acids is 1. The zero-order chi connectivity index (χ0) is 30.6. The third kappa shape index (κ3) is 8.09. The van der Waals surface area contributed by atoms with Crippen LogP contribution in [-0.2, 0) is 0 Å². The van der Waals surface area contributed by atoms with Crippen molar-refractivity contribution in [1.29, 1.82) is 5.26 Å². The number of nitriles is 1. The lowest BCUT2D eigenvalue weighted by molar-refractivity contribution is 0.0950. The van der Waals surface area contributed by atoms with Crippen molar-refractivity contribution in [3.05, 3.63) is 113 Å². The number of methoxy groups -OCH3 is 1. The molecule has 1 saturated heterocycles. The zero-order valence-corrected chi connectivity index (χ0v) is 25.1. The summed E-state index contributed by atoms with van der Waals surface area (Å²) in [5, 5.41) is 19.4. The molecule has 0 spiro atoms. The van der Waals surface area contributed by atoms with E-state index < -0.39 is 0 Å². The van der Waals surface area contributed by atoms with Crippen molar-refractivity contribution in [2.24, 2.45) is 0 Å². The van der Waals surface area contributed by atoms with E-state index in [2.05, 4.69) is 59.8 Å². The summed E-state index contributed by atoms with van der Waals surface area (Å²) >= 11 is 0. The molecule has 1 amide bonds. The van der Waals surface area contributed by atoms with Crippen LogP contribution < -0.4 is 20.7 Å². The van der Waals surface area contributed by atoms with Crippen molar-refractivity contribution in [2.75, 3.05) is 32.6 Å². The van der Waals surface area contributed by atoms with E-state index in [4.69, 9.17) is 9.72 Å². The van der Waals surface area contributed by atoms with Crippen LogP contribution in [-0.4, -0.2) is 44.2 Å². The van der Waals surface area contributed by atoms with Crippen LogP contribution in [0.1, 0.15) is 53.4 Å². The normalized spacial score (nSPS) is 15.5. The number of aromatic nitrogens is 1. The molecule has 220 valence electrons. The van der Waals surface area contributed by atoms with Gasteiger partial charge in [0.05, 0.1) is 12.8 Å². The zero-order valence-electron chi connectivity index (χ0n) is 25.1. The van der Waals surface area contributed by atoms with Crippen LogP contribution >= 0.6 is 0 Å². The highest BCUT2D eigenvalue weighted by Crippen LogP contribution is 2.33. The molecule has 2 aromatic carbocycles. The van der Waals surface area contributed by atoms with Gasteiger partial charge < -0.3 is 20.7 Å². The number of nitrogens with one attached hydrogen (secondary N) is 3. The highest BCUT2D eigenvalue weighted by Gasteiger charge is 2.18. The Balaban J connectivity index is 0.000000359. The quantitative estimate of drug-likeness (QED) is 0.275. The van der Waals surface area contributed by atoms with Gasteiger partial charge >= 0.3 is 0 Å². The summed E-state index contributed by atoms with van der Waals surface area (Å²) in [6.07, 6.45) is 13.3. The number of benzene rings is 2. The number of hydrogen-bond donors (Lipinski definition) is 3. The van der Waals surface area contributed by atoms with Crippen LogP contribution in [0.15, 0.2) is 91.1 Å². The predicted molar refractivity (Wildman–Crippen MR) is 176 cm³/mol. The van der Waals surface area contributed by atoms with Gasteiger partial charge in [-0.25, -0.2) is 4.98 Å². The molecule has 1 fully saturated rings. The summed E-state index contributed by atoms with van der Waals surface area (Å²) in [7, 11) is 3.42. The number of anilines is 1. The average Bonchev–Trinajstić information content (AvgIpc) is 3.49. The summed E-state index contributed by atoms with van der Waals surface area (Å²) in [5.41, 5.74) is 6.63. The van der Waals surface area contributed by atoms with Crippen molar-refractivity contribution in [3.63, 3.8) is 0 Å². The molecule has 2 heterocycles. The summed E-state index contributed by atoms with van der Waals surface area (Å²) in [4.78, 5) is 17.5. The number of carbonyl (C=O) groups is 1. The molecule has 0 saturated carbocycles. The molecular weight excluding hydrogens is 534 g/mol. The minimum absolute atomic E-state index is 0.109. The molecule has 43 heavy (non-hydrogen) atoms. The molecule has 7 heteroatoms. The van der Waals surface area contributed by atoms with Gasteiger partial charge in [-0.05, 0) is 79.8 Å². The molecule has 2 aliphatic rings. The first kappa shape index (κ1) is 31.0. The fraction of sp³-hybridized carbons (Fsp3) is 0.250. The fourth-order valence-corrected chi connectivity index (χ4v) is 5.04. The molecule has 1 atom stereocenters. The Labute approximate surface area is 254 Å². The SMILES string of the molecule is C=Cc1ccc(OC)cc1.CNc1nc(C2=C(C)C=CCC=C2)cc(-c2cccc(C(=O)NCC3CCCN3)c2)c1C#N. The molecule has 3 N–H and O–H groups in total. The minimum Gasteiger partial charge on any atom is -0.497 e. The Bertz CT molecular complexity index is 1570. The first-order valence-electron chi connectivity index (χ1n) is 14.5. The number of allylic oxidation sites excluding steroid dienone is 6. The topological polar surface area (TPSA) is 99.1 Å². The second kappa shape index (κ2) is 15.3. The van der Waals surface area contributed by atoms with E-state index in [0.717, 1.165) is 65.1 Å². The van der Waals surface area contributed by atoms with Gasteiger partial charge in [0.1, 0.15) is 23.2 Å². The van der Waals surface area contributed by atoms with E-state index in [-0.39, 0.29) is 5.91 Å². The van der Waals surface area contributed by atoms with E-state index in [1.54, 1.807) is 26.3 Å². The Morgan fingerprint density at radius 2 is 1.98 bits per heavy atom. The first-order chi connectivity index (χ1) is 21.0. The maximum atomic E-state index is 12.8. The third-order valence-electron chi connectivity index (χ3n) is 7.45. The van der Waals surface area contributed by atoms with Crippen LogP contribution in [0.5, 0.6) is 5.75 Å². The van der Waals surface area contributed by atoms with E-state index in [0.29, 0.717) is 29.5 Å². The van der Waals surface area contributed by atoms with Crippen molar-refractivity contribution in [2.45, 2.75) is 32.2 Å². The molecule has 0 radical (unpaired) electrons. The summed E-state index contributed by atoms with van der Waals surface area (Å²) in [6.45, 7) is 7.33. The van der Waals surface area contributed by atoms with Crippen molar-refractivity contribution in [3.8, 4) is 22.9 Å². The van der Waals surface area contributed by atoms with Gasteiger partial charge in [0, 0.05) is 36.3 Å². The van der Waals surface area contributed by atoms with E-state index >= 15 is 0 Å². The third-order valence-corrected chi connectivity index (χ3v) is 7.45. The van der Waals surface area contributed by atoms with Crippen LogP contribution in [0.3, 0.4) is 0 Å². The summed E-state index contributed by atoms with van der Waals surface area (Å²) in [6, 6.07) is 19.8. The Hall–Kier alpha value is -4.93. The summed E-state index contributed by atoms with van der Waals surface area (Å²) in [5.74, 6) is 1.29. The van der Waals surface area contributed by atoms with Crippen LogP contribution in [0.25, 0.3) is 22.8 Å². The van der Waals surface area contributed by atoms with Crippen LogP contribution in [0, 0.1) is 11.3 Å². The maximum Gasteiger partial charge on any atom is 0.251 e. The van der Waals surface area contributed by atoms with E-state index in [1.165, 1.54) is 0 Å². The van der Waals surface area contributed by atoms with Gasteiger partial charge in [0.25, 0.3) is 5.91 Å². The molecule has 7 nitrogen and oxygen atoms in total. The van der Waals surface area contributed by atoms with Crippen molar-refractivity contribution >= 4 is 23.4 Å². The highest BCUT2D eigenvalue weighted by molar-refractivity contribution is 5.96. The van der Waals surface area contributed by atoms with Gasteiger partial charge in [-0.2, -0.15) is 5.26 Å². The Kier molecular flexibility index (Phi) is 11.1. The molecule has 1 unspecified atom stereocenters. The van der Waals surface area contributed by atoms with Gasteiger partial charge in [-0.1, -0.05) is 61.2 Å². The lowest BCUT2D eigenvalue weighted by Crippen LogP contribution is -2.37. The number of pyridine rings is 1. The minimum atomic E-state index is -0.109. The maximum absolute atomic E-state index is 12.8. The molecular formula is C36H39N5O2. The van der Waals surface area contributed by atoms with Gasteiger partial charge in [-0.3, -0.25) is 4.79 Å². The lowest BCUT2D eigenvalue weighted by atomic mass is 9.95. The molecule has 1 aliphatic heterocycles.